The molecule has 100 valence electrons. The van der Waals surface area contributed by atoms with Gasteiger partial charge in [-0.15, -0.1) is 0 Å². The van der Waals surface area contributed by atoms with Crippen molar-refractivity contribution in [1.82, 2.24) is 4.90 Å². The van der Waals surface area contributed by atoms with E-state index in [2.05, 4.69) is 20.8 Å². The van der Waals surface area contributed by atoms with Gasteiger partial charge in [-0.2, -0.15) is 0 Å². The molecule has 0 saturated carbocycles. The summed E-state index contributed by atoms with van der Waals surface area (Å²) in [6.45, 7) is 2.79. The third-order valence-corrected chi connectivity index (χ3v) is 4.28. The van der Waals surface area contributed by atoms with Crippen molar-refractivity contribution in [2.45, 2.75) is 18.9 Å². The van der Waals surface area contributed by atoms with E-state index in [0.29, 0.717) is 12.5 Å². The highest BCUT2D eigenvalue weighted by Gasteiger charge is 2.22. The molecule has 3 nitrogen and oxygen atoms in total. The van der Waals surface area contributed by atoms with Crippen LogP contribution in [0.1, 0.15) is 24.5 Å². The van der Waals surface area contributed by atoms with Gasteiger partial charge in [0.1, 0.15) is 0 Å². The molecule has 0 unspecified atom stereocenters. The molecule has 0 aliphatic carbocycles. The van der Waals surface area contributed by atoms with Gasteiger partial charge in [0.25, 0.3) is 0 Å². The smallest absolute Gasteiger partial charge is 0.0927 e. The zero-order valence-corrected chi connectivity index (χ0v) is 12.0. The van der Waals surface area contributed by atoms with Gasteiger partial charge >= 0.3 is 0 Å². The molecule has 1 aliphatic heterocycles. The number of aliphatic hydroxyl groups is 2. The van der Waals surface area contributed by atoms with Gasteiger partial charge in [0, 0.05) is 24.2 Å². The predicted octanol–water partition coefficient (Wildman–Crippen LogP) is 2.19. The second-order valence-corrected chi connectivity index (χ2v) is 5.84. The molecule has 18 heavy (non-hydrogen) atoms. The summed E-state index contributed by atoms with van der Waals surface area (Å²) in [6.07, 6.45) is 1.73. The number of likely N-dealkylation sites (tertiary alicyclic amines) is 1. The number of benzene rings is 1. The van der Waals surface area contributed by atoms with Crippen LogP contribution in [-0.4, -0.2) is 41.4 Å². The van der Waals surface area contributed by atoms with Gasteiger partial charge in [0.2, 0.25) is 0 Å². The van der Waals surface area contributed by atoms with Gasteiger partial charge in [0.05, 0.1) is 6.10 Å². The summed E-state index contributed by atoms with van der Waals surface area (Å²) in [4.78, 5) is 2.24. The number of β-amino-alcohol motifs (C(OH)–C–C–N with tert-alkyl or cyclic N) is 1. The number of nitrogens with zero attached hydrogens (tertiary/aromatic N) is 1. The standard InChI is InChI=1S/C14H20BrNO2/c15-13-6-2-1-5-12(13)14(18)9-16-7-3-4-11(8-16)10-17/h1-2,5-6,11,14,17-18H,3-4,7-10H2/t11-,14-/m0/s1. The zero-order valence-electron chi connectivity index (χ0n) is 10.4. The van der Waals surface area contributed by atoms with Crippen molar-refractivity contribution in [2.24, 2.45) is 5.92 Å². The first-order valence-electron chi connectivity index (χ1n) is 6.46. The summed E-state index contributed by atoms with van der Waals surface area (Å²) in [5.41, 5.74) is 0.934. The molecule has 1 heterocycles. The van der Waals surface area contributed by atoms with Crippen molar-refractivity contribution >= 4 is 15.9 Å². The van der Waals surface area contributed by atoms with Crippen LogP contribution in [-0.2, 0) is 0 Å². The van der Waals surface area contributed by atoms with Crippen molar-refractivity contribution in [3.63, 3.8) is 0 Å². The summed E-state index contributed by atoms with van der Waals surface area (Å²) in [5.74, 6) is 0.366. The first-order chi connectivity index (χ1) is 8.70. The van der Waals surface area contributed by atoms with Crippen LogP contribution in [0.2, 0.25) is 0 Å². The highest BCUT2D eigenvalue weighted by atomic mass is 79.9. The van der Waals surface area contributed by atoms with E-state index >= 15 is 0 Å². The highest BCUT2D eigenvalue weighted by Crippen LogP contribution is 2.25. The van der Waals surface area contributed by atoms with E-state index < -0.39 is 6.10 Å². The Labute approximate surface area is 117 Å². The number of hydrogen-bond donors (Lipinski definition) is 2. The van der Waals surface area contributed by atoms with Crippen LogP contribution in [0.3, 0.4) is 0 Å². The maximum atomic E-state index is 10.3. The lowest BCUT2D eigenvalue weighted by Gasteiger charge is -2.33. The van der Waals surface area contributed by atoms with Crippen LogP contribution in [0.4, 0.5) is 0 Å². The van der Waals surface area contributed by atoms with Gasteiger partial charge in [-0.3, -0.25) is 0 Å². The minimum atomic E-state index is -0.474. The summed E-state index contributed by atoms with van der Waals surface area (Å²) in [7, 11) is 0. The monoisotopic (exact) mass is 313 g/mol. The molecule has 0 aromatic heterocycles. The number of rotatable bonds is 4. The molecule has 1 aromatic carbocycles. The predicted molar refractivity (Wildman–Crippen MR) is 75.4 cm³/mol. The third kappa shape index (κ3) is 3.54. The van der Waals surface area contributed by atoms with Crippen molar-refractivity contribution in [1.29, 1.82) is 0 Å². The molecule has 0 radical (unpaired) electrons. The average Bonchev–Trinajstić information content (AvgIpc) is 2.39. The molecular formula is C14H20BrNO2. The fourth-order valence-corrected chi connectivity index (χ4v) is 3.10. The summed E-state index contributed by atoms with van der Waals surface area (Å²) in [5, 5.41) is 19.5. The SMILES string of the molecule is OC[C@H]1CCCN(C[C@H](O)c2ccccc2Br)C1. The molecule has 0 spiro atoms. The number of piperidine rings is 1. The summed E-state index contributed by atoms with van der Waals surface area (Å²) in [6, 6.07) is 7.78. The lowest BCUT2D eigenvalue weighted by atomic mass is 9.98. The molecule has 1 fully saturated rings. The minimum absolute atomic E-state index is 0.252. The molecule has 0 amide bonds. The summed E-state index contributed by atoms with van der Waals surface area (Å²) < 4.78 is 0.952. The van der Waals surface area contributed by atoms with Gasteiger partial charge in [-0.1, -0.05) is 34.1 Å². The highest BCUT2D eigenvalue weighted by molar-refractivity contribution is 9.10. The van der Waals surface area contributed by atoms with E-state index in [4.69, 9.17) is 0 Å². The zero-order chi connectivity index (χ0) is 13.0. The largest absolute Gasteiger partial charge is 0.396 e. The Morgan fingerprint density at radius 1 is 1.39 bits per heavy atom. The van der Waals surface area contributed by atoms with E-state index in [0.717, 1.165) is 36.0 Å². The number of aliphatic hydroxyl groups excluding tert-OH is 2. The van der Waals surface area contributed by atoms with Crippen LogP contribution < -0.4 is 0 Å². The lowest BCUT2D eigenvalue weighted by Crippen LogP contribution is -2.39. The third-order valence-electron chi connectivity index (χ3n) is 3.56. The van der Waals surface area contributed by atoms with Crippen LogP contribution >= 0.6 is 15.9 Å². The molecule has 1 aromatic rings. The minimum Gasteiger partial charge on any atom is -0.396 e. The molecule has 4 heteroatoms. The van der Waals surface area contributed by atoms with Gasteiger partial charge in [0.15, 0.2) is 0 Å². The quantitative estimate of drug-likeness (QED) is 0.895. The number of hydrogen-bond acceptors (Lipinski definition) is 3. The van der Waals surface area contributed by atoms with E-state index in [1.54, 1.807) is 0 Å². The topological polar surface area (TPSA) is 43.7 Å². The molecule has 1 aliphatic rings. The molecular weight excluding hydrogens is 294 g/mol. The Balaban J connectivity index is 1.95. The number of halogens is 1. The molecule has 2 N–H and O–H groups in total. The fraction of sp³-hybridized carbons (Fsp3) is 0.571. The van der Waals surface area contributed by atoms with Gasteiger partial charge in [-0.05, 0) is 36.9 Å². The van der Waals surface area contributed by atoms with Gasteiger partial charge in [-0.25, -0.2) is 0 Å². The Morgan fingerprint density at radius 3 is 2.89 bits per heavy atom. The maximum Gasteiger partial charge on any atom is 0.0927 e. The van der Waals surface area contributed by atoms with Crippen molar-refractivity contribution in [3.8, 4) is 0 Å². The Morgan fingerprint density at radius 2 is 2.17 bits per heavy atom. The van der Waals surface area contributed by atoms with Crippen molar-refractivity contribution < 1.29 is 10.2 Å². The second-order valence-electron chi connectivity index (χ2n) is 4.99. The van der Waals surface area contributed by atoms with E-state index in [9.17, 15) is 10.2 Å². The lowest BCUT2D eigenvalue weighted by molar-refractivity contribution is 0.0675. The Kier molecular flexibility index (Phi) is 5.18. The summed E-state index contributed by atoms with van der Waals surface area (Å²) >= 11 is 3.47. The van der Waals surface area contributed by atoms with Crippen LogP contribution in [0.25, 0.3) is 0 Å². The van der Waals surface area contributed by atoms with Gasteiger partial charge < -0.3 is 15.1 Å². The molecule has 2 rings (SSSR count). The van der Waals surface area contributed by atoms with Crippen molar-refractivity contribution in [3.05, 3.63) is 34.3 Å². The Bertz CT molecular complexity index is 386. The molecule has 0 bridgehead atoms. The first-order valence-corrected chi connectivity index (χ1v) is 7.25. The Hall–Kier alpha value is -0.420. The average molecular weight is 314 g/mol. The van der Waals surface area contributed by atoms with E-state index in [-0.39, 0.29) is 6.61 Å². The first kappa shape index (κ1) is 14.0. The molecule has 1 saturated heterocycles. The molecule has 2 atom stereocenters. The van der Waals surface area contributed by atoms with Crippen LogP contribution in [0, 0.1) is 5.92 Å². The fourth-order valence-electron chi connectivity index (χ4n) is 2.55. The normalized spacial score (nSPS) is 22.9. The maximum absolute atomic E-state index is 10.3. The second kappa shape index (κ2) is 6.66. The van der Waals surface area contributed by atoms with Crippen molar-refractivity contribution in [2.75, 3.05) is 26.2 Å². The van der Waals surface area contributed by atoms with Crippen LogP contribution in [0.15, 0.2) is 28.7 Å². The van der Waals surface area contributed by atoms with Crippen LogP contribution in [0.5, 0.6) is 0 Å². The van der Waals surface area contributed by atoms with E-state index in [1.807, 2.05) is 24.3 Å². The van der Waals surface area contributed by atoms with E-state index in [1.165, 1.54) is 0 Å².